The first-order valence-corrected chi connectivity index (χ1v) is 5.19. The summed E-state index contributed by atoms with van der Waals surface area (Å²) < 4.78 is 0. The summed E-state index contributed by atoms with van der Waals surface area (Å²) in [4.78, 5) is 24.7. The van der Waals surface area contributed by atoms with E-state index >= 15 is 0 Å². The Kier molecular flexibility index (Phi) is 2.64. The number of nitrogens with one attached hydrogen (secondary N) is 1. The summed E-state index contributed by atoms with van der Waals surface area (Å²) in [5.74, 6) is -0.184. The van der Waals surface area contributed by atoms with Gasteiger partial charge in [0.1, 0.15) is 6.04 Å². The van der Waals surface area contributed by atoms with E-state index in [0.717, 1.165) is 11.1 Å². The van der Waals surface area contributed by atoms with Gasteiger partial charge in [0.2, 0.25) is 11.8 Å². The van der Waals surface area contributed by atoms with Crippen LogP contribution in [0.5, 0.6) is 0 Å². The van der Waals surface area contributed by atoms with Crippen molar-refractivity contribution in [3.63, 3.8) is 0 Å². The van der Waals surface area contributed by atoms with Gasteiger partial charge in [-0.15, -0.1) is 0 Å². The molecule has 1 N–H and O–H groups in total. The van der Waals surface area contributed by atoms with Crippen molar-refractivity contribution >= 4 is 11.8 Å². The predicted molar refractivity (Wildman–Crippen MR) is 59.7 cm³/mol. The Morgan fingerprint density at radius 1 is 1.25 bits per heavy atom. The van der Waals surface area contributed by atoms with Gasteiger partial charge in [-0.1, -0.05) is 29.8 Å². The van der Waals surface area contributed by atoms with E-state index in [2.05, 4.69) is 5.32 Å². The third kappa shape index (κ3) is 1.91. The van der Waals surface area contributed by atoms with E-state index in [9.17, 15) is 9.59 Å². The predicted octanol–water partition coefficient (Wildman–Crippen LogP) is 0.624. The number of piperazine rings is 1. The Bertz CT molecular complexity index is 425. The lowest BCUT2D eigenvalue weighted by Gasteiger charge is -2.29. The second-order valence-corrected chi connectivity index (χ2v) is 4.11. The van der Waals surface area contributed by atoms with E-state index < -0.39 is 6.04 Å². The summed E-state index contributed by atoms with van der Waals surface area (Å²) in [7, 11) is 1.64. The van der Waals surface area contributed by atoms with Gasteiger partial charge in [0.15, 0.2) is 0 Å². The van der Waals surface area contributed by atoms with Gasteiger partial charge in [-0.2, -0.15) is 0 Å². The van der Waals surface area contributed by atoms with Crippen molar-refractivity contribution in [3.05, 3.63) is 35.4 Å². The van der Waals surface area contributed by atoms with Crippen molar-refractivity contribution < 1.29 is 9.59 Å². The topological polar surface area (TPSA) is 49.4 Å². The molecule has 0 bridgehead atoms. The van der Waals surface area contributed by atoms with Crippen LogP contribution in [0.1, 0.15) is 17.2 Å². The van der Waals surface area contributed by atoms with Crippen LogP contribution in [-0.4, -0.2) is 30.3 Å². The minimum Gasteiger partial charge on any atom is -0.339 e. The molecule has 1 aliphatic rings. The zero-order valence-electron chi connectivity index (χ0n) is 9.36. The molecule has 0 aromatic heterocycles. The van der Waals surface area contributed by atoms with Gasteiger partial charge in [0.05, 0.1) is 6.54 Å². The van der Waals surface area contributed by atoms with Crippen molar-refractivity contribution in [3.8, 4) is 0 Å². The van der Waals surface area contributed by atoms with Crippen molar-refractivity contribution in [2.45, 2.75) is 13.0 Å². The molecule has 1 saturated heterocycles. The quantitative estimate of drug-likeness (QED) is 0.751. The number of carbonyl (C=O) groups excluding carboxylic acids is 2. The number of rotatable bonds is 1. The summed E-state index contributed by atoms with van der Waals surface area (Å²) in [5, 5.41) is 2.70. The molecule has 0 radical (unpaired) electrons. The third-order valence-electron chi connectivity index (χ3n) is 2.72. The highest BCUT2D eigenvalue weighted by Crippen LogP contribution is 2.18. The fraction of sp³-hybridized carbons (Fsp3) is 0.333. The van der Waals surface area contributed by atoms with Crippen LogP contribution in [-0.2, 0) is 9.59 Å². The van der Waals surface area contributed by atoms with E-state index in [4.69, 9.17) is 0 Å². The number of amides is 2. The van der Waals surface area contributed by atoms with Crippen LogP contribution in [0.2, 0.25) is 0 Å². The molecular weight excluding hydrogens is 204 g/mol. The molecule has 4 heteroatoms. The minimum atomic E-state index is -0.535. The minimum absolute atomic E-state index is 0.0662. The van der Waals surface area contributed by atoms with Crippen molar-refractivity contribution in [2.24, 2.45) is 0 Å². The Hall–Kier alpha value is -1.84. The van der Waals surface area contributed by atoms with Gasteiger partial charge in [0.25, 0.3) is 0 Å². The van der Waals surface area contributed by atoms with Gasteiger partial charge >= 0.3 is 0 Å². The first kappa shape index (κ1) is 10.7. The Balaban J connectivity index is 2.28. The first-order valence-electron chi connectivity index (χ1n) is 5.19. The maximum absolute atomic E-state index is 11.9. The number of likely N-dealkylation sites (N-methyl/N-ethyl adjacent to an activating group) is 1. The second-order valence-electron chi connectivity index (χ2n) is 4.11. The fourth-order valence-electron chi connectivity index (χ4n) is 1.77. The van der Waals surface area contributed by atoms with Crippen LogP contribution in [0, 0.1) is 6.92 Å². The highest BCUT2D eigenvalue weighted by Gasteiger charge is 2.31. The number of benzene rings is 1. The van der Waals surface area contributed by atoms with Crippen molar-refractivity contribution in [1.82, 2.24) is 10.2 Å². The first-order chi connectivity index (χ1) is 7.58. The summed E-state index contributed by atoms with van der Waals surface area (Å²) >= 11 is 0. The lowest BCUT2D eigenvalue weighted by atomic mass is 10.0. The highest BCUT2D eigenvalue weighted by atomic mass is 16.2. The molecule has 1 aromatic rings. The molecule has 4 nitrogen and oxygen atoms in total. The number of carbonyl (C=O) groups is 2. The van der Waals surface area contributed by atoms with Crippen molar-refractivity contribution in [1.29, 1.82) is 0 Å². The SMILES string of the molecule is Cc1ccc([C@H]2NC(=O)CN(C)C2=O)cc1. The summed E-state index contributed by atoms with van der Waals surface area (Å²) in [5.41, 5.74) is 1.96. The van der Waals surface area contributed by atoms with Crippen LogP contribution >= 0.6 is 0 Å². The molecule has 0 unspecified atom stereocenters. The molecule has 1 fully saturated rings. The molecule has 0 saturated carbocycles. The zero-order valence-corrected chi connectivity index (χ0v) is 9.36. The van der Waals surface area contributed by atoms with Gasteiger partial charge < -0.3 is 10.2 Å². The van der Waals surface area contributed by atoms with Crippen LogP contribution in [0.3, 0.4) is 0 Å². The summed E-state index contributed by atoms with van der Waals surface area (Å²) in [6, 6.07) is 7.08. The Labute approximate surface area is 94.2 Å². The van der Waals surface area contributed by atoms with Crippen LogP contribution < -0.4 is 5.32 Å². The molecule has 2 amide bonds. The van der Waals surface area contributed by atoms with Crippen LogP contribution in [0.15, 0.2) is 24.3 Å². The van der Waals surface area contributed by atoms with Crippen LogP contribution in [0.25, 0.3) is 0 Å². The molecule has 1 aliphatic heterocycles. The van der Waals surface area contributed by atoms with E-state index in [0.29, 0.717) is 0 Å². The van der Waals surface area contributed by atoms with Gasteiger partial charge in [-0.25, -0.2) is 0 Å². The lowest BCUT2D eigenvalue weighted by Crippen LogP contribution is -2.51. The zero-order chi connectivity index (χ0) is 11.7. The smallest absolute Gasteiger partial charge is 0.250 e. The lowest BCUT2D eigenvalue weighted by molar-refractivity contribution is -0.143. The standard InChI is InChI=1S/C12H14N2O2/c1-8-3-5-9(6-4-8)11-12(16)14(2)7-10(15)13-11/h3-6,11H,7H2,1-2H3,(H,13,15)/t11-/m1/s1. The Morgan fingerprint density at radius 3 is 2.50 bits per heavy atom. The summed E-state index contributed by atoms with van der Waals surface area (Å²) in [6.45, 7) is 2.12. The monoisotopic (exact) mass is 218 g/mol. The molecule has 1 aromatic carbocycles. The molecule has 2 rings (SSSR count). The van der Waals surface area contributed by atoms with E-state index in [1.54, 1.807) is 7.05 Å². The maximum atomic E-state index is 11.9. The molecular formula is C12H14N2O2. The molecule has 0 spiro atoms. The van der Waals surface area contributed by atoms with E-state index in [-0.39, 0.29) is 18.4 Å². The Morgan fingerprint density at radius 2 is 1.88 bits per heavy atom. The van der Waals surface area contributed by atoms with Gasteiger partial charge in [-0.05, 0) is 12.5 Å². The largest absolute Gasteiger partial charge is 0.339 e. The van der Waals surface area contributed by atoms with Crippen molar-refractivity contribution in [2.75, 3.05) is 13.6 Å². The van der Waals surface area contributed by atoms with Gasteiger partial charge in [-0.3, -0.25) is 9.59 Å². The fourth-order valence-corrected chi connectivity index (χ4v) is 1.77. The number of hydrogen-bond donors (Lipinski definition) is 1. The maximum Gasteiger partial charge on any atom is 0.250 e. The van der Waals surface area contributed by atoms with E-state index in [1.165, 1.54) is 4.90 Å². The normalized spacial score (nSPS) is 20.9. The molecule has 16 heavy (non-hydrogen) atoms. The number of nitrogens with zero attached hydrogens (tertiary/aromatic N) is 1. The molecule has 1 heterocycles. The summed E-state index contributed by atoms with van der Waals surface area (Å²) in [6.07, 6.45) is 0. The number of aryl methyl sites for hydroxylation is 1. The number of hydrogen-bond acceptors (Lipinski definition) is 2. The molecule has 1 atom stereocenters. The molecule has 84 valence electrons. The van der Waals surface area contributed by atoms with E-state index in [1.807, 2.05) is 31.2 Å². The van der Waals surface area contributed by atoms with Gasteiger partial charge in [0, 0.05) is 7.05 Å². The average molecular weight is 218 g/mol. The second kappa shape index (κ2) is 3.96. The highest BCUT2D eigenvalue weighted by molar-refractivity contribution is 5.95. The van der Waals surface area contributed by atoms with Crippen LogP contribution in [0.4, 0.5) is 0 Å². The molecule has 0 aliphatic carbocycles. The average Bonchev–Trinajstić information content (AvgIpc) is 2.25. The third-order valence-corrected chi connectivity index (χ3v) is 2.72.